The van der Waals surface area contributed by atoms with Crippen molar-refractivity contribution in [3.05, 3.63) is 95.0 Å². The molecule has 3 aromatic carbocycles. The lowest BCUT2D eigenvalue weighted by Gasteiger charge is -2.07. The van der Waals surface area contributed by atoms with Crippen molar-refractivity contribution in [3.63, 3.8) is 0 Å². The van der Waals surface area contributed by atoms with Gasteiger partial charge in [0, 0.05) is 20.9 Å². The van der Waals surface area contributed by atoms with Crippen LogP contribution in [0, 0.1) is 6.07 Å². The third-order valence-electron chi connectivity index (χ3n) is 3.15. The highest BCUT2D eigenvalue weighted by atomic mass is 35.5. The van der Waals surface area contributed by atoms with Gasteiger partial charge in [0.25, 0.3) is 0 Å². The van der Waals surface area contributed by atoms with Crippen LogP contribution in [0.25, 0.3) is 0 Å². The first kappa shape index (κ1) is 14.9. The van der Waals surface area contributed by atoms with Crippen molar-refractivity contribution in [1.29, 1.82) is 0 Å². The van der Waals surface area contributed by atoms with Gasteiger partial charge in [-0.2, -0.15) is 0 Å². The van der Waals surface area contributed by atoms with Crippen molar-refractivity contribution in [2.75, 3.05) is 0 Å². The molecule has 0 saturated heterocycles. The molecule has 0 aliphatic rings. The average Bonchev–Trinajstić information content (AvgIpc) is 2.58. The summed E-state index contributed by atoms with van der Waals surface area (Å²) < 4.78 is 0. The van der Waals surface area contributed by atoms with Crippen molar-refractivity contribution < 1.29 is 4.79 Å². The highest BCUT2D eigenvalue weighted by Gasteiger charge is 2.11. The van der Waals surface area contributed by atoms with Crippen molar-refractivity contribution in [2.45, 2.75) is 9.79 Å². The molecule has 1 nitrogen and oxygen atoms in total. The number of halogens is 1. The molecular weight excluding hydrogens is 312 g/mol. The summed E-state index contributed by atoms with van der Waals surface area (Å²) in [5, 5.41) is 0.583. The summed E-state index contributed by atoms with van der Waals surface area (Å²) >= 11 is 7.90. The molecular formula is C19H12ClOS. The van der Waals surface area contributed by atoms with E-state index in [-0.39, 0.29) is 5.78 Å². The first-order valence-electron chi connectivity index (χ1n) is 6.77. The SMILES string of the molecule is O=C(c1ccccc1)c1ccc(Sc2cc[c]cc2)c(Cl)c1. The van der Waals surface area contributed by atoms with Crippen LogP contribution >= 0.6 is 23.4 Å². The summed E-state index contributed by atoms with van der Waals surface area (Å²) in [5.41, 5.74) is 1.26. The van der Waals surface area contributed by atoms with Crippen LogP contribution in [-0.4, -0.2) is 5.78 Å². The van der Waals surface area contributed by atoms with Crippen molar-refractivity contribution in [1.82, 2.24) is 0 Å². The van der Waals surface area contributed by atoms with Gasteiger partial charge in [0.05, 0.1) is 5.02 Å². The second-order valence-electron chi connectivity index (χ2n) is 4.68. The molecule has 0 saturated carbocycles. The van der Waals surface area contributed by atoms with Crippen LogP contribution in [0.5, 0.6) is 0 Å². The molecule has 22 heavy (non-hydrogen) atoms. The van der Waals surface area contributed by atoms with E-state index in [0.29, 0.717) is 16.1 Å². The molecule has 0 aliphatic heterocycles. The van der Waals surface area contributed by atoms with E-state index in [2.05, 4.69) is 6.07 Å². The Morgan fingerprint density at radius 1 is 0.909 bits per heavy atom. The maximum Gasteiger partial charge on any atom is 0.193 e. The van der Waals surface area contributed by atoms with Gasteiger partial charge in [-0.3, -0.25) is 4.79 Å². The topological polar surface area (TPSA) is 17.1 Å². The summed E-state index contributed by atoms with van der Waals surface area (Å²) in [6.07, 6.45) is 0. The maximum atomic E-state index is 12.4. The molecule has 1 radical (unpaired) electrons. The molecule has 0 atom stereocenters. The minimum absolute atomic E-state index is 0.0200. The Labute approximate surface area is 138 Å². The number of carbonyl (C=O) groups is 1. The molecule has 0 heterocycles. The molecule has 0 bridgehead atoms. The Balaban J connectivity index is 1.85. The zero-order valence-electron chi connectivity index (χ0n) is 11.6. The highest BCUT2D eigenvalue weighted by molar-refractivity contribution is 7.99. The maximum absolute atomic E-state index is 12.4. The first-order valence-corrected chi connectivity index (χ1v) is 7.97. The van der Waals surface area contributed by atoms with E-state index in [1.807, 2.05) is 54.6 Å². The molecule has 3 aromatic rings. The summed E-state index contributed by atoms with van der Waals surface area (Å²) in [5.74, 6) is -0.0200. The molecule has 0 N–H and O–H groups in total. The molecule has 0 amide bonds. The largest absolute Gasteiger partial charge is 0.289 e. The van der Waals surface area contributed by atoms with E-state index < -0.39 is 0 Å². The Morgan fingerprint density at radius 2 is 1.64 bits per heavy atom. The minimum atomic E-state index is -0.0200. The summed E-state index contributed by atoms with van der Waals surface area (Å²) in [7, 11) is 0. The number of ketones is 1. The van der Waals surface area contributed by atoms with Gasteiger partial charge in [0.1, 0.15) is 0 Å². The normalized spacial score (nSPS) is 10.4. The standard InChI is InChI=1S/C19H12ClOS/c20-17-13-15(19(21)14-7-3-1-4-8-14)11-12-18(17)22-16-9-5-2-6-10-16/h1,3-13H. The van der Waals surface area contributed by atoms with Gasteiger partial charge in [-0.25, -0.2) is 0 Å². The van der Waals surface area contributed by atoms with Crippen LogP contribution < -0.4 is 0 Å². The van der Waals surface area contributed by atoms with E-state index in [9.17, 15) is 4.79 Å². The monoisotopic (exact) mass is 323 g/mol. The van der Waals surface area contributed by atoms with Crippen LogP contribution in [-0.2, 0) is 0 Å². The van der Waals surface area contributed by atoms with Gasteiger partial charge in [-0.15, -0.1) is 0 Å². The summed E-state index contributed by atoms with van der Waals surface area (Å²) in [6.45, 7) is 0. The third kappa shape index (κ3) is 3.41. The van der Waals surface area contributed by atoms with Gasteiger partial charge in [-0.05, 0) is 36.4 Å². The number of hydrogen-bond acceptors (Lipinski definition) is 2. The summed E-state index contributed by atoms with van der Waals surface area (Å²) in [4.78, 5) is 14.4. The lowest BCUT2D eigenvalue weighted by atomic mass is 10.0. The van der Waals surface area contributed by atoms with Crippen LogP contribution in [0.4, 0.5) is 0 Å². The highest BCUT2D eigenvalue weighted by Crippen LogP contribution is 2.33. The first-order chi connectivity index (χ1) is 10.7. The predicted molar refractivity (Wildman–Crippen MR) is 90.7 cm³/mol. The van der Waals surface area contributed by atoms with Crippen LogP contribution in [0.3, 0.4) is 0 Å². The lowest BCUT2D eigenvalue weighted by Crippen LogP contribution is -2.00. The van der Waals surface area contributed by atoms with Crippen LogP contribution in [0.2, 0.25) is 5.02 Å². The Hall–Kier alpha value is -2.03. The number of carbonyl (C=O) groups excluding carboxylic acids is 1. The van der Waals surface area contributed by atoms with Crippen LogP contribution in [0.15, 0.2) is 82.6 Å². The lowest BCUT2D eigenvalue weighted by molar-refractivity contribution is 0.103. The molecule has 3 heteroatoms. The predicted octanol–water partition coefficient (Wildman–Crippen LogP) is 5.52. The number of rotatable bonds is 4. The van der Waals surface area contributed by atoms with Gasteiger partial charge in [0.15, 0.2) is 5.78 Å². The molecule has 107 valence electrons. The van der Waals surface area contributed by atoms with Gasteiger partial charge >= 0.3 is 0 Å². The Bertz CT molecular complexity index is 785. The molecule has 0 fully saturated rings. The number of benzene rings is 3. The van der Waals surface area contributed by atoms with E-state index in [4.69, 9.17) is 11.6 Å². The molecule has 0 aliphatic carbocycles. The number of hydrogen-bond donors (Lipinski definition) is 0. The zero-order valence-corrected chi connectivity index (χ0v) is 13.2. The Morgan fingerprint density at radius 3 is 2.32 bits per heavy atom. The quantitative estimate of drug-likeness (QED) is 0.588. The van der Waals surface area contributed by atoms with Crippen molar-refractivity contribution in [2.24, 2.45) is 0 Å². The second-order valence-corrected chi connectivity index (χ2v) is 6.20. The van der Waals surface area contributed by atoms with Crippen molar-refractivity contribution in [3.8, 4) is 0 Å². The average molecular weight is 324 g/mol. The molecule has 0 unspecified atom stereocenters. The van der Waals surface area contributed by atoms with E-state index >= 15 is 0 Å². The fourth-order valence-electron chi connectivity index (χ4n) is 2.05. The molecule has 0 aromatic heterocycles. The fourth-order valence-corrected chi connectivity index (χ4v) is 3.16. The van der Waals surface area contributed by atoms with Gasteiger partial charge in [-0.1, -0.05) is 65.8 Å². The molecule has 0 spiro atoms. The van der Waals surface area contributed by atoms with E-state index in [1.54, 1.807) is 30.0 Å². The third-order valence-corrected chi connectivity index (χ3v) is 4.65. The Kier molecular flexibility index (Phi) is 4.62. The molecule has 3 rings (SSSR count). The minimum Gasteiger partial charge on any atom is -0.289 e. The second kappa shape index (κ2) is 6.82. The van der Waals surface area contributed by atoms with Crippen LogP contribution in [0.1, 0.15) is 15.9 Å². The smallest absolute Gasteiger partial charge is 0.193 e. The zero-order chi connectivity index (χ0) is 15.4. The van der Waals surface area contributed by atoms with Gasteiger partial charge in [0.2, 0.25) is 0 Å². The van der Waals surface area contributed by atoms with Crippen molar-refractivity contribution >= 4 is 29.1 Å². The van der Waals surface area contributed by atoms with Gasteiger partial charge < -0.3 is 0 Å². The van der Waals surface area contributed by atoms with E-state index in [1.165, 1.54) is 0 Å². The fraction of sp³-hybridized carbons (Fsp3) is 0. The van der Waals surface area contributed by atoms with E-state index in [0.717, 1.165) is 9.79 Å². The summed E-state index contributed by atoms with van der Waals surface area (Å²) in [6, 6.07) is 25.3.